The fourth-order valence-electron chi connectivity index (χ4n) is 2.42. The van der Waals surface area contributed by atoms with Crippen LogP contribution < -0.4 is 26.1 Å². The number of aliphatic imine (C=N–C) groups is 1. The molecule has 0 spiro atoms. The molecule has 0 atom stereocenters. The maximum absolute atomic E-state index is 11.9. The Morgan fingerprint density at radius 2 is 1.74 bits per heavy atom. The summed E-state index contributed by atoms with van der Waals surface area (Å²) in [6.07, 6.45) is 0. The molecule has 8 nitrogen and oxygen atoms in total. The van der Waals surface area contributed by atoms with Crippen LogP contribution in [0.5, 0.6) is 11.5 Å². The van der Waals surface area contributed by atoms with Gasteiger partial charge in [-0.1, -0.05) is 30.3 Å². The standard InChI is InChI=1S/C19H19N5O3/c1-26-14-8-13(9-15(10-14)27-2)21-18(20)24-19-22-16(11-17(25)23-19)12-6-4-3-5-7-12/h3-11H,1-2H3,(H4,20,21,22,23,24,25). The number of guanidine groups is 1. The van der Waals surface area contributed by atoms with E-state index >= 15 is 0 Å². The number of nitrogens with one attached hydrogen (secondary N) is 2. The predicted molar refractivity (Wildman–Crippen MR) is 105 cm³/mol. The molecule has 0 aliphatic rings. The number of rotatable bonds is 5. The van der Waals surface area contributed by atoms with Gasteiger partial charge in [0.15, 0.2) is 0 Å². The first kappa shape index (κ1) is 18.0. The van der Waals surface area contributed by atoms with Crippen molar-refractivity contribution in [1.29, 1.82) is 0 Å². The minimum absolute atomic E-state index is 0.0543. The van der Waals surface area contributed by atoms with Crippen LogP contribution in [0.25, 0.3) is 11.3 Å². The van der Waals surface area contributed by atoms with Crippen molar-refractivity contribution in [3.8, 4) is 22.8 Å². The first-order valence-corrected chi connectivity index (χ1v) is 8.08. The molecular weight excluding hydrogens is 346 g/mol. The third-order valence-electron chi connectivity index (χ3n) is 3.65. The molecule has 0 fully saturated rings. The van der Waals surface area contributed by atoms with Gasteiger partial charge in [-0.3, -0.25) is 9.78 Å². The second kappa shape index (κ2) is 8.05. The van der Waals surface area contributed by atoms with Crippen LogP contribution in [0.3, 0.4) is 0 Å². The minimum atomic E-state index is -0.321. The van der Waals surface area contributed by atoms with Crippen molar-refractivity contribution in [3.63, 3.8) is 0 Å². The summed E-state index contributed by atoms with van der Waals surface area (Å²) in [4.78, 5) is 23.0. The third-order valence-corrected chi connectivity index (χ3v) is 3.65. The monoisotopic (exact) mass is 365 g/mol. The molecule has 2 aromatic carbocycles. The highest BCUT2D eigenvalue weighted by Crippen LogP contribution is 2.25. The molecule has 0 saturated carbocycles. The van der Waals surface area contributed by atoms with Crippen LogP contribution in [0, 0.1) is 0 Å². The number of ether oxygens (including phenoxy) is 2. The number of benzene rings is 2. The largest absolute Gasteiger partial charge is 0.497 e. The highest BCUT2D eigenvalue weighted by atomic mass is 16.5. The fourth-order valence-corrected chi connectivity index (χ4v) is 2.42. The average Bonchev–Trinajstić information content (AvgIpc) is 2.67. The van der Waals surface area contributed by atoms with Crippen molar-refractivity contribution in [2.75, 3.05) is 19.5 Å². The number of nitrogens with two attached hydrogens (primary N) is 1. The number of nitrogens with zero attached hydrogens (tertiary/aromatic N) is 2. The zero-order valence-electron chi connectivity index (χ0n) is 14.9. The lowest BCUT2D eigenvalue weighted by molar-refractivity contribution is 0.395. The molecule has 3 aromatic rings. The smallest absolute Gasteiger partial charge is 0.252 e. The van der Waals surface area contributed by atoms with Crippen LogP contribution in [-0.2, 0) is 0 Å². The number of hydrogen-bond donors (Lipinski definition) is 3. The Morgan fingerprint density at radius 3 is 2.37 bits per heavy atom. The van der Waals surface area contributed by atoms with E-state index in [1.54, 1.807) is 32.4 Å². The van der Waals surface area contributed by atoms with Crippen molar-refractivity contribution < 1.29 is 9.47 Å². The van der Waals surface area contributed by atoms with E-state index < -0.39 is 0 Å². The molecule has 1 aromatic heterocycles. The molecule has 27 heavy (non-hydrogen) atoms. The Balaban J connectivity index is 1.88. The van der Waals surface area contributed by atoms with Crippen molar-refractivity contribution in [3.05, 3.63) is 65.0 Å². The van der Waals surface area contributed by atoms with Gasteiger partial charge in [-0.2, -0.15) is 4.99 Å². The first-order valence-electron chi connectivity index (χ1n) is 8.08. The van der Waals surface area contributed by atoms with Crippen LogP contribution in [-0.4, -0.2) is 30.1 Å². The molecule has 138 valence electrons. The summed E-state index contributed by atoms with van der Waals surface area (Å²) in [5, 5.41) is 2.92. The minimum Gasteiger partial charge on any atom is -0.497 e. The second-order valence-corrected chi connectivity index (χ2v) is 5.54. The molecule has 0 saturated heterocycles. The van der Waals surface area contributed by atoms with E-state index in [0.717, 1.165) is 5.56 Å². The Kier molecular flexibility index (Phi) is 5.36. The number of hydrogen-bond acceptors (Lipinski definition) is 5. The highest BCUT2D eigenvalue weighted by molar-refractivity contribution is 5.94. The Hall–Kier alpha value is -3.81. The summed E-state index contributed by atoms with van der Waals surface area (Å²) in [6, 6.07) is 16.0. The van der Waals surface area contributed by atoms with Crippen LogP contribution in [0.1, 0.15) is 0 Å². The van der Waals surface area contributed by atoms with E-state index in [2.05, 4.69) is 20.3 Å². The number of methoxy groups -OCH3 is 2. The van der Waals surface area contributed by atoms with Crippen molar-refractivity contribution in [2.24, 2.45) is 10.7 Å². The number of H-pyrrole nitrogens is 1. The molecule has 1 heterocycles. The number of aromatic amines is 1. The van der Waals surface area contributed by atoms with E-state index in [4.69, 9.17) is 15.2 Å². The summed E-state index contributed by atoms with van der Waals surface area (Å²) >= 11 is 0. The van der Waals surface area contributed by atoms with Crippen LogP contribution in [0.4, 0.5) is 11.6 Å². The van der Waals surface area contributed by atoms with Crippen molar-refractivity contribution >= 4 is 17.6 Å². The van der Waals surface area contributed by atoms with Gasteiger partial charge in [-0.25, -0.2) is 4.98 Å². The van der Waals surface area contributed by atoms with Crippen LogP contribution in [0.15, 0.2) is 64.4 Å². The van der Waals surface area contributed by atoms with Gasteiger partial charge in [0.1, 0.15) is 11.5 Å². The highest BCUT2D eigenvalue weighted by Gasteiger charge is 2.06. The lowest BCUT2D eigenvalue weighted by Crippen LogP contribution is -2.22. The van der Waals surface area contributed by atoms with E-state index in [9.17, 15) is 4.79 Å². The summed E-state index contributed by atoms with van der Waals surface area (Å²) in [6.45, 7) is 0. The zero-order chi connectivity index (χ0) is 19.2. The average molecular weight is 365 g/mol. The Labute approximate surface area is 155 Å². The van der Waals surface area contributed by atoms with Crippen LogP contribution in [0.2, 0.25) is 0 Å². The first-order chi connectivity index (χ1) is 13.1. The summed E-state index contributed by atoms with van der Waals surface area (Å²) in [7, 11) is 3.11. The van der Waals surface area contributed by atoms with Gasteiger partial charge in [0.05, 0.1) is 19.9 Å². The SMILES string of the molecule is COc1cc(NC(N)=Nc2nc(-c3ccccc3)cc(=O)[nH]2)cc(OC)c1. The topological polar surface area (TPSA) is 115 Å². The molecule has 3 rings (SSSR count). The normalized spacial score (nSPS) is 11.1. The molecule has 4 N–H and O–H groups in total. The molecule has 0 radical (unpaired) electrons. The lowest BCUT2D eigenvalue weighted by Gasteiger charge is -2.10. The molecule has 8 heteroatoms. The summed E-state index contributed by atoms with van der Waals surface area (Å²) in [5.74, 6) is 1.35. The molecule has 0 amide bonds. The molecule has 0 unspecified atom stereocenters. The lowest BCUT2D eigenvalue weighted by atomic mass is 10.1. The van der Waals surface area contributed by atoms with Crippen molar-refractivity contribution in [1.82, 2.24) is 9.97 Å². The zero-order valence-corrected chi connectivity index (χ0v) is 14.9. The van der Waals surface area contributed by atoms with Crippen molar-refractivity contribution in [2.45, 2.75) is 0 Å². The maximum atomic E-state index is 11.9. The van der Waals surface area contributed by atoms with Gasteiger partial charge in [0.2, 0.25) is 11.9 Å². The van der Waals surface area contributed by atoms with Gasteiger partial charge < -0.3 is 20.5 Å². The number of anilines is 1. The Morgan fingerprint density at radius 1 is 1.07 bits per heavy atom. The summed E-state index contributed by atoms with van der Waals surface area (Å²) in [5.41, 5.74) is 7.57. The quantitative estimate of drug-likeness (QED) is 0.473. The van der Waals surface area contributed by atoms with Crippen LogP contribution >= 0.6 is 0 Å². The maximum Gasteiger partial charge on any atom is 0.252 e. The van der Waals surface area contributed by atoms with E-state index in [1.807, 2.05) is 30.3 Å². The molecule has 0 aliphatic heterocycles. The van der Waals surface area contributed by atoms with Gasteiger partial charge >= 0.3 is 0 Å². The van der Waals surface area contributed by atoms with Gasteiger partial charge in [0.25, 0.3) is 5.56 Å². The van der Waals surface area contributed by atoms with E-state index in [1.165, 1.54) is 6.07 Å². The summed E-state index contributed by atoms with van der Waals surface area (Å²) < 4.78 is 10.4. The van der Waals surface area contributed by atoms with Gasteiger partial charge in [0, 0.05) is 35.5 Å². The van der Waals surface area contributed by atoms with E-state index in [-0.39, 0.29) is 17.5 Å². The molecule has 0 bridgehead atoms. The van der Waals surface area contributed by atoms with Gasteiger partial charge in [-0.05, 0) is 0 Å². The Bertz CT molecular complexity index is 993. The predicted octanol–water partition coefficient (Wildman–Crippen LogP) is 2.51. The second-order valence-electron chi connectivity index (χ2n) is 5.54. The van der Waals surface area contributed by atoms with Gasteiger partial charge in [-0.15, -0.1) is 0 Å². The number of aromatic nitrogens is 2. The molecular formula is C19H19N5O3. The van der Waals surface area contributed by atoms with E-state index in [0.29, 0.717) is 22.9 Å². The fraction of sp³-hybridized carbons (Fsp3) is 0.105. The third kappa shape index (κ3) is 4.63. The molecule has 0 aliphatic carbocycles.